The monoisotopic (exact) mass is 551 g/mol. The molecule has 9 heteroatoms. The molecule has 0 bridgehead atoms. The van der Waals surface area contributed by atoms with Gasteiger partial charge >= 0.3 is 0 Å². The van der Waals surface area contributed by atoms with Crippen molar-refractivity contribution < 1.29 is 17.5 Å². The van der Waals surface area contributed by atoms with Crippen LogP contribution in [0.1, 0.15) is 28.2 Å². The van der Waals surface area contributed by atoms with E-state index >= 15 is 4.39 Å². The fourth-order valence-corrected chi connectivity index (χ4v) is 6.79. The third-order valence-corrected chi connectivity index (χ3v) is 8.41. The normalized spacial score (nSPS) is 18.5. The Bertz CT molecular complexity index is 1590. The summed E-state index contributed by atoms with van der Waals surface area (Å²) in [5.41, 5.74) is 8.60. The highest BCUT2D eigenvalue weighted by Gasteiger charge is 2.47. The van der Waals surface area contributed by atoms with Crippen molar-refractivity contribution in [1.29, 1.82) is 5.26 Å². The molecule has 0 amide bonds. The fourth-order valence-electron chi connectivity index (χ4n) is 4.50. The van der Waals surface area contributed by atoms with Crippen LogP contribution in [0.2, 0.25) is 0 Å². The number of rotatable bonds is 3. The van der Waals surface area contributed by atoms with Gasteiger partial charge in [-0.25, -0.2) is 12.8 Å². The molecule has 2 N–H and O–H groups in total. The highest BCUT2D eigenvalue weighted by atomic mass is 79.9. The van der Waals surface area contributed by atoms with E-state index in [0.717, 1.165) is 11.1 Å². The van der Waals surface area contributed by atoms with Crippen LogP contribution in [0.5, 0.6) is 0 Å². The molecule has 35 heavy (non-hydrogen) atoms. The van der Waals surface area contributed by atoms with Crippen LogP contribution in [0.4, 0.5) is 10.1 Å². The molecule has 2 aliphatic heterocycles. The molecule has 3 aromatic carbocycles. The standard InChI is InChI=1S/C26H19BrFN3O3S/c1-15-5-4-6-16(11-15)14-31-22-8-3-2-7-18(22)24-25(35(31,32)33)23(20(13-29)26(30)34-24)19-12-17(27)9-10-21(19)28/h2-12,23H,14,30H2,1H3/t23-/m0/s1. The number of fused-ring (bicyclic) bond motifs is 2. The molecule has 0 saturated heterocycles. The van der Waals surface area contributed by atoms with Gasteiger partial charge in [-0.05, 0) is 42.8 Å². The summed E-state index contributed by atoms with van der Waals surface area (Å²) in [4.78, 5) is -0.216. The molecule has 0 aromatic heterocycles. The van der Waals surface area contributed by atoms with E-state index in [1.165, 1.54) is 22.5 Å². The Morgan fingerprint density at radius 1 is 1.14 bits per heavy atom. The van der Waals surface area contributed by atoms with Crippen molar-refractivity contribution in [3.8, 4) is 6.07 Å². The van der Waals surface area contributed by atoms with E-state index in [9.17, 15) is 13.7 Å². The Kier molecular flexibility index (Phi) is 5.66. The van der Waals surface area contributed by atoms with Crippen molar-refractivity contribution in [2.24, 2.45) is 5.73 Å². The van der Waals surface area contributed by atoms with Crippen molar-refractivity contribution in [2.45, 2.75) is 19.4 Å². The van der Waals surface area contributed by atoms with Crippen molar-refractivity contribution in [3.05, 3.63) is 116 Å². The van der Waals surface area contributed by atoms with Gasteiger partial charge < -0.3 is 10.5 Å². The van der Waals surface area contributed by atoms with Gasteiger partial charge in [0, 0.05) is 15.6 Å². The average Bonchev–Trinajstić information content (AvgIpc) is 2.82. The summed E-state index contributed by atoms with van der Waals surface area (Å²) in [6.45, 7) is 1.98. The van der Waals surface area contributed by atoms with Crippen LogP contribution in [-0.2, 0) is 21.3 Å². The van der Waals surface area contributed by atoms with E-state index in [0.29, 0.717) is 15.7 Å². The lowest BCUT2D eigenvalue weighted by Gasteiger charge is -2.38. The number of anilines is 1. The predicted octanol–water partition coefficient (Wildman–Crippen LogP) is 5.42. The number of benzene rings is 3. The van der Waals surface area contributed by atoms with Crippen LogP contribution in [-0.4, -0.2) is 8.42 Å². The summed E-state index contributed by atoms with van der Waals surface area (Å²) in [6.07, 6.45) is 0. The number of para-hydroxylation sites is 1. The number of sulfonamides is 1. The molecule has 5 rings (SSSR count). The van der Waals surface area contributed by atoms with E-state index in [4.69, 9.17) is 10.5 Å². The van der Waals surface area contributed by atoms with Crippen molar-refractivity contribution >= 4 is 37.4 Å². The highest BCUT2D eigenvalue weighted by Crippen LogP contribution is 2.51. The lowest BCUT2D eigenvalue weighted by atomic mass is 9.88. The van der Waals surface area contributed by atoms with E-state index in [-0.39, 0.29) is 34.2 Å². The van der Waals surface area contributed by atoms with Crippen LogP contribution >= 0.6 is 15.9 Å². The number of nitrogens with two attached hydrogens (primary N) is 1. The Hall–Kier alpha value is -3.61. The van der Waals surface area contributed by atoms with Gasteiger partial charge in [0.25, 0.3) is 10.0 Å². The minimum atomic E-state index is -4.28. The van der Waals surface area contributed by atoms with E-state index in [1.54, 1.807) is 24.3 Å². The third-order valence-electron chi connectivity index (χ3n) is 6.04. The number of ether oxygens (including phenoxy) is 1. The first-order chi connectivity index (χ1) is 16.7. The first-order valence-corrected chi connectivity index (χ1v) is 12.9. The molecular formula is C26H19BrFN3O3S. The van der Waals surface area contributed by atoms with Crippen LogP contribution in [0.15, 0.2) is 87.6 Å². The van der Waals surface area contributed by atoms with Gasteiger partial charge in [0.15, 0.2) is 5.76 Å². The third kappa shape index (κ3) is 3.79. The summed E-state index contributed by atoms with van der Waals surface area (Å²) in [5.74, 6) is -2.19. The van der Waals surface area contributed by atoms with Gasteiger partial charge in [0.05, 0.1) is 18.2 Å². The highest BCUT2D eigenvalue weighted by molar-refractivity contribution is 9.10. The molecule has 6 nitrogen and oxygen atoms in total. The SMILES string of the molecule is Cc1cccc(CN2c3ccccc3C3=C([C@@H](c4cc(Br)ccc4F)C(C#N)=C(N)O3)S2(=O)=O)c1. The number of nitriles is 1. The quantitative estimate of drug-likeness (QED) is 0.468. The number of hydrogen-bond donors (Lipinski definition) is 1. The molecule has 0 unspecified atom stereocenters. The number of halogens is 2. The van der Waals surface area contributed by atoms with Gasteiger partial charge in [-0.15, -0.1) is 0 Å². The maximum absolute atomic E-state index is 15.1. The summed E-state index contributed by atoms with van der Waals surface area (Å²) < 4.78 is 51.2. The summed E-state index contributed by atoms with van der Waals surface area (Å²) >= 11 is 3.32. The zero-order chi connectivity index (χ0) is 24.9. The molecule has 2 aliphatic rings. The molecule has 3 aromatic rings. The molecule has 1 atom stereocenters. The molecule has 0 aliphatic carbocycles. The van der Waals surface area contributed by atoms with Crippen LogP contribution in [0, 0.1) is 24.1 Å². The molecule has 0 fully saturated rings. The first-order valence-electron chi connectivity index (χ1n) is 10.7. The number of hydrogen-bond acceptors (Lipinski definition) is 5. The lowest BCUT2D eigenvalue weighted by molar-refractivity contribution is 0.357. The minimum Gasteiger partial charge on any atom is -0.439 e. The Balaban J connectivity index is 1.79. The molecule has 176 valence electrons. The van der Waals surface area contributed by atoms with Crippen molar-refractivity contribution in [1.82, 2.24) is 0 Å². The second-order valence-electron chi connectivity index (χ2n) is 8.30. The van der Waals surface area contributed by atoms with Gasteiger partial charge in [-0.2, -0.15) is 5.26 Å². The second-order valence-corrected chi connectivity index (χ2v) is 11.0. The van der Waals surface area contributed by atoms with Gasteiger partial charge in [-0.1, -0.05) is 57.9 Å². The summed E-state index contributed by atoms with van der Waals surface area (Å²) in [5, 5.41) is 9.91. The number of allylic oxidation sites excluding steroid dienone is 2. The zero-order valence-corrected chi connectivity index (χ0v) is 20.9. The molecule has 0 saturated carbocycles. The Morgan fingerprint density at radius 2 is 1.91 bits per heavy atom. The first kappa shape index (κ1) is 23.1. The van der Waals surface area contributed by atoms with Gasteiger partial charge in [-0.3, -0.25) is 4.31 Å². The molecule has 2 heterocycles. The van der Waals surface area contributed by atoms with Gasteiger partial charge in [0.2, 0.25) is 5.88 Å². The smallest absolute Gasteiger partial charge is 0.265 e. The van der Waals surface area contributed by atoms with Crippen LogP contribution < -0.4 is 10.0 Å². The lowest BCUT2D eigenvalue weighted by Crippen LogP contribution is -2.39. The van der Waals surface area contributed by atoms with Crippen molar-refractivity contribution in [2.75, 3.05) is 4.31 Å². The van der Waals surface area contributed by atoms with E-state index in [2.05, 4.69) is 15.9 Å². The maximum atomic E-state index is 15.1. The fraction of sp³-hybridized carbons (Fsp3) is 0.115. The topological polar surface area (TPSA) is 96.4 Å². The van der Waals surface area contributed by atoms with Crippen molar-refractivity contribution in [3.63, 3.8) is 0 Å². The predicted molar refractivity (Wildman–Crippen MR) is 134 cm³/mol. The molecule has 0 radical (unpaired) electrons. The van der Waals surface area contributed by atoms with Crippen LogP contribution in [0.3, 0.4) is 0 Å². The summed E-state index contributed by atoms with van der Waals surface area (Å²) in [6, 6.07) is 20.6. The Labute approximate surface area is 210 Å². The largest absolute Gasteiger partial charge is 0.439 e. The average molecular weight is 552 g/mol. The second kappa shape index (κ2) is 8.56. The zero-order valence-electron chi connectivity index (χ0n) is 18.5. The van der Waals surface area contributed by atoms with Crippen LogP contribution in [0.25, 0.3) is 5.76 Å². The van der Waals surface area contributed by atoms with E-state index in [1.807, 2.05) is 37.3 Å². The van der Waals surface area contributed by atoms with Gasteiger partial charge in [0.1, 0.15) is 22.4 Å². The summed E-state index contributed by atoms with van der Waals surface area (Å²) in [7, 11) is -4.28. The molecule has 0 spiro atoms. The number of nitrogens with zero attached hydrogens (tertiary/aromatic N) is 2. The minimum absolute atomic E-state index is 0.00182. The Morgan fingerprint density at radius 3 is 2.66 bits per heavy atom. The number of aryl methyl sites for hydroxylation is 1. The maximum Gasteiger partial charge on any atom is 0.265 e. The van der Waals surface area contributed by atoms with E-state index < -0.39 is 21.8 Å². The molecular weight excluding hydrogens is 533 g/mol.